The van der Waals surface area contributed by atoms with Crippen LogP contribution < -0.4 is 11.5 Å². The van der Waals surface area contributed by atoms with Crippen molar-refractivity contribution in [2.45, 2.75) is 52.0 Å². The lowest BCUT2D eigenvalue weighted by atomic mass is 10.1. The summed E-state index contributed by atoms with van der Waals surface area (Å²) in [5, 5.41) is 0. The molecule has 0 aliphatic carbocycles. The molecular formula is C9H24N2. The minimum Gasteiger partial charge on any atom is -0.333 e. The standard InChI is InChI=1S/C8H19N.CH5N/c1-3-4-5-6-7-8(2)9;1-2/h8H,3-7,9H2,1-2H3;2H2,1H3. The molecule has 2 heteroatoms. The quantitative estimate of drug-likeness (QED) is 0.603. The van der Waals surface area contributed by atoms with E-state index in [1.54, 1.807) is 0 Å². The van der Waals surface area contributed by atoms with Crippen molar-refractivity contribution in [3.63, 3.8) is 0 Å². The van der Waals surface area contributed by atoms with Crippen LogP contribution in [0.1, 0.15) is 46.0 Å². The summed E-state index contributed by atoms with van der Waals surface area (Å²) in [6, 6.07) is 0.404. The minimum absolute atomic E-state index is 0.404. The first kappa shape index (κ1) is 13.5. The fourth-order valence-electron chi connectivity index (χ4n) is 0.893. The van der Waals surface area contributed by atoms with E-state index in [0.717, 1.165) is 0 Å². The van der Waals surface area contributed by atoms with Crippen LogP contribution in [0.15, 0.2) is 0 Å². The van der Waals surface area contributed by atoms with Crippen LogP contribution in [-0.2, 0) is 0 Å². The first-order chi connectivity index (χ1) is 5.27. The van der Waals surface area contributed by atoms with Crippen molar-refractivity contribution in [2.24, 2.45) is 11.5 Å². The molecule has 0 aromatic rings. The number of rotatable bonds is 5. The van der Waals surface area contributed by atoms with Crippen LogP contribution >= 0.6 is 0 Å². The van der Waals surface area contributed by atoms with Crippen LogP contribution in [0.3, 0.4) is 0 Å². The van der Waals surface area contributed by atoms with Gasteiger partial charge >= 0.3 is 0 Å². The minimum atomic E-state index is 0.404. The third-order valence-corrected chi connectivity index (χ3v) is 1.51. The summed E-state index contributed by atoms with van der Waals surface area (Å²) in [7, 11) is 1.50. The van der Waals surface area contributed by atoms with Gasteiger partial charge in [-0.05, 0) is 20.4 Å². The molecule has 0 fully saturated rings. The van der Waals surface area contributed by atoms with Gasteiger partial charge in [-0.2, -0.15) is 0 Å². The molecule has 0 heterocycles. The molecule has 1 unspecified atom stereocenters. The Morgan fingerprint density at radius 3 is 2.00 bits per heavy atom. The SMILES string of the molecule is CCCCCCC(C)N.CN. The van der Waals surface area contributed by atoms with E-state index < -0.39 is 0 Å². The molecule has 0 aliphatic heterocycles. The van der Waals surface area contributed by atoms with Crippen molar-refractivity contribution < 1.29 is 0 Å². The fraction of sp³-hybridized carbons (Fsp3) is 1.00. The zero-order valence-corrected chi connectivity index (χ0v) is 8.27. The molecule has 11 heavy (non-hydrogen) atoms. The summed E-state index contributed by atoms with van der Waals surface area (Å²) in [6.07, 6.45) is 6.55. The molecular weight excluding hydrogens is 136 g/mol. The van der Waals surface area contributed by atoms with Crippen LogP contribution in [0.2, 0.25) is 0 Å². The highest BCUT2D eigenvalue weighted by molar-refractivity contribution is 4.52. The van der Waals surface area contributed by atoms with E-state index in [1.165, 1.54) is 39.2 Å². The summed E-state index contributed by atoms with van der Waals surface area (Å²) < 4.78 is 0. The second-order valence-corrected chi connectivity index (χ2v) is 2.83. The van der Waals surface area contributed by atoms with Gasteiger partial charge < -0.3 is 11.5 Å². The molecule has 1 atom stereocenters. The van der Waals surface area contributed by atoms with Crippen molar-refractivity contribution in [1.82, 2.24) is 0 Å². The number of hydrogen-bond acceptors (Lipinski definition) is 2. The lowest BCUT2D eigenvalue weighted by Crippen LogP contribution is -2.13. The number of nitrogens with two attached hydrogens (primary N) is 2. The van der Waals surface area contributed by atoms with Crippen molar-refractivity contribution in [1.29, 1.82) is 0 Å². The van der Waals surface area contributed by atoms with Gasteiger partial charge in [-0.1, -0.05) is 32.6 Å². The summed E-state index contributed by atoms with van der Waals surface area (Å²) in [6.45, 7) is 4.30. The van der Waals surface area contributed by atoms with E-state index in [1.807, 2.05) is 0 Å². The molecule has 2 nitrogen and oxygen atoms in total. The van der Waals surface area contributed by atoms with E-state index in [2.05, 4.69) is 19.6 Å². The van der Waals surface area contributed by atoms with Crippen molar-refractivity contribution in [2.75, 3.05) is 7.05 Å². The van der Waals surface area contributed by atoms with Crippen LogP contribution in [0.4, 0.5) is 0 Å². The molecule has 0 saturated carbocycles. The van der Waals surface area contributed by atoms with Crippen molar-refractivity contribution in [3.8, 4) is 0 Å². The van der Waals surface area contributed by atoms with Gasteiger partial charge in [0.25, 0.3) is 0 Å². The Labute approximate surface area is 71.3 Å². The fourth-order valence-corrected chi connectivity index (χ4v) is 0.893. The average Bonchev–Trinajstić information content (AvgIpc) is 2.02. The molecule has 4 N–H and O–H groups in total. The zero-order valence-electron chi connectivity index (χ0n) is 8.27. The maximum Gasteiger partial charge on any atom is 0.00104 e. The van der Waals surface area contributed by atoms with E-state index in [9.17, 15) is 0 Å². The van der Waals surface area contributed by atoms with Crippen LogP contribution in [0, 0.1) is 0 Å². The lowest BCUT2D eigenvalue weighted by Gasteiger charge is -2.02. The highest BCUT2D eigenvalue weighted by Gasteiger charge is 1.91. The predicted octanol–water partition coefficient (Wildman–Crippen LogP) is 1.88. The van der Waals surface area contributed by atoms with Gasteiger partial charge in [0, 0.05) is 6.04 Å². The van der Waals surface area contributed by atoms with Gasteiger partial charge in [-0.3, -0.25) is 0 Å². The number of hydrogen-bond donors (Lipinski definition) is 2. The Morgan fingerprint density at radius 2 is 1.64 bits per heavy atom. The zero-order chi connectivity index (χ0) is 9.11. The van der Waals surface area contributed by atoms with Gasteiger partial charge in [0.1, 0.15) is 0 Å². The second kappa shape index (κ2) is 12.6. The van der Waals surface area contributed by atoms with Crippen LogP contribution in [0.5, 0.6) is 0 Å². The van der Waals surface area contributed by atoms with E-state index in [4.69, 9.17) is 5.73 Å². The van der Waals surface area contributed by atoms with Gasteiger partial charge in [0.05, 0.1) is 0 Å². The van der Waals surface area contributed by atoms with Crippen molar-refractivity contribution >= 4 is 0 Å². The monoisotopic (exact) mass is 160 g/mol. The predicted molar refractivity (Wildman–Crippen MR) is 52.5 cm³/mol. The first-order valence-corrected chi connectivity index (χ1v) is 4.60. The summed E-state index contributed by atoms with van der Waals surface area (Å²) >= 11 is 0. The smallest absolute Gasteiger partial charge is 0.00104 e. The topological polar surface area (TPSA) is 52.0 Å². The Kier molecular flexibility index (Phi) is 15.4. The largest absolute Gasteiger partial charge is 0.333 e. The van der Waals surface area contributed by atoms with Crippen LogP contribution in [0.25, 0.3) is 0 Å². The Bertz CT molecular complexity index is 53.5. The van der Waals surface area contributed by atoms with Crippen LogP contribution in [-0.4, -0.2) is 13.1 Å². The van der Waals surface area contributed by atoms with E-state index in [-0.39, 0.29) is 0 Å². The summed E-state index contributed by atoms with van der Waals surface area (Å²) in [5.41, 5.74) is 10.1. The van der Waals surface area contributed by atoms with Crippen molar-refractivity contribution in [3.05, 3.63) is 0 Å². The Hall–Kier alpha value is -0.0800. The molecule has 0 aliphatic rings. The normalized spacial score (nSPS) is 11.7. The van der Waals surface area contributed by atoms with Gasteiger partial charge in [0.15, 0.2) is 0 Å². The third kappa shape index (κ3) is 17.8. The molecule has 0 radical (unpaired) electrons. The molecule has 70 valence electrons. The third-order valence-electron chi connectivity index (χ3n) is 1.51. The Morgan fingerprint density at radius 1 is 1.09 bits per heavy atom. The van der Waals surface area contributed by atoms with E-state index in [0.29, 0.717) is 6.04 Å². The lowest BCUT2D eigenvalue weighted by molar-refractivity contribution is 0.575. The maximum atomic E-state index is 5.57. The van der Waals surface area contributed by atoms with Gasteiger partial charge in [0.2, 0.25) is 0 Å². The summed E-state index contributed by atoms with van der Waals surface area (Å²) in [5.74, 6) is 0. The highest BCUT2D eigenvalue weighted by atomic mass is 14.6. The van der Waals surface area contributed by atoms with Gasteiger partial charge in [-0.25, -0.2) is 0 Å². The molecule has 0 saturated heterocycles. The van der Waals surface area contributed by atoms with E-state index >= 15 is 0 Å². The molecule has 0 amide bonds. The molecule has 0 aromatic heterocycles. The van der Waals surface area contributed by atoms with Gasteiger partial charge in [-0.15, -0.1) is 0 Å². The molecule has 0 aromatic carbocycles. The Balaban J connectivity index is 0. The summed E-state index contributed by atoms with van der Waals surface area (Å²) in [4.78, 5) is 0. The second-order valence-electron chi connectivity index (χ2n) is 2.83. The molecule has 0 spiro atoms. The first-order valence-electron chi connectivity index (χ1n) is 4.60. The highest BCUT2D eigenvalue weighted by Crippen LogP contribution is 2.03. The molecule has 0 rings (SSSR count). The molecule has 0 bridgehead atoms. The average molecular weight is 160 g/mol. The number of unbranched alkanes of at least 4 members (excludes halogenated alkanes) is 3. The maximum absolute atomic E-state index is 5.57.